The van der Waals surface area contributed by atoms with Gasteiger partial charge < -0.3 is 19.9 Å². The van der Waals surface area contributed by atoms with Crippen LogP contribution in [0.25, 0.3) is 6.08 Å². The lowest BCUT2D eigenvalue weighted by Gasteiger charge is -2.36. The van der Waals surface area contributed by atoms with Crippen LogP contribution in [0.1, 0.15) is 12.0 Å². The lowest BCUT2D eigenvalue weighted by Crippen LogP contribution is -2.49. The van der Waals surface area contributed by atoms with Crippen LogP contribution in [0.2, 0.25) is 0 Å². The molecule has 0 atom stereocenters. The molecule has 0 aromatic heterocycles. The van der Waals surface area contributed by atoms with Gasteiger partial charge in [0, 0.05) is 57.0 Å². The van der Waals surface area contributed by atoms with Crippen molar-refractivity contribution in [1.82, 2.24) is 10.2 Å². The molecule has 3 rings (SSSR count). The molecule has 0 bridgehead atoms. The molecule has 1 heterocycles. The fourth-order valence-corrected chi connectivity index (χ4v) is 3.27. The van der Waals surface area contributed by atoms with Crippen LogP contribution in [0, 0.1) is 0 Å². The normalized spacial score (nSPS) is 14.1. The molecule has 1 saturated heterocycles. The molecule has 0 radical (unpaired) electrons. The van der Waals surface area contributed by atoms with E-state index < -0.39 is 0 Å². The van der Waals surface area contributed by atoms with E-state index in [1.54, 1.807) is 13.2 Å². The number of carbonyl (C=O) groups is 2. The van der Waals surface area contributed by atoms with E-state index in [0.29, 0.717) is 26.1 Å². The Balaban J connectivity index is 1.38. The number of amides is 2. The van der Waals surface area contributed by atoms with E-state index in [0.717, 1.165) is 30.1 Å². The van der Waals surface area contributed by atoms with Crippen molar-refractivity contribution in [2.45, 2.75) is 6.42 Å². The van der Waals surface area contributed by atoms with E-state index in [2.05, 4.69) is 16.3 Å². The number of benzene rings is 2. The van der Waals surface area contributed by atoms with Crippen molar-refractivity contribution < 1.29 is 14.3 Å². The third kappa shape index (κ3) is 6.10. The van der Waals surface area contributed by atoms with Gasteiger partial charge in [-0.3, -0.25) is 9.59 Å². The third-order valence-corrected chi connectivity index (χ3v) is 4.92. The molecule has 0 spiro atoms. The summed E-state index contributed by atoms with van der Waals surface area (Å²) in [6.45, 7) is 3.26. The first-order chi connectivity index (χ1) is 14.2. The molecule has 6 heteroatoms. The number of anilines is 1. The summed E-state index contributed by atoms with van der Waals surface area (Å²) in [6.07, 6.45) is 3.56. The number of hydrogen-bond acceptors (Lipinski definition) is 4. The van der Waals surface area contributed by atoms with Crippen molar-refractivity contribution in [3.63, 3.8) is 0 Å². The highest BCUT2D eigenvalue weighted by atomic mass is 16.5. The zero-order chi connectivity index (χ0) is 20.5. The van der Waals surface area contributed by atoms with Gasteiger partial charge in [-0.25, -0.2) is 0 Å². The fourth-order valence-electron chi connectivity index (χ4n) is 3.27. The Labute approximate surface area is 171 Å². The Kier molecular flexibility index (Phi) is 7.28. The predicted octanol–water partition coefficient (Wildman–Crippen LogP) is 2.56. The summed E-state index contributed by atoms with van der Waals surface area (Å²) in [5.74, 6) is 0.713. The van der Waals surface area contributed by atoms with E-state index >= 15 is 0 Å². The van der Waals surface area contributed by atoms with Gasteiger partial charge in [-0.1, -0.05) is 36.4 Å². The fraction of sp³-hybridized carbons (Fsp3) is 0.304. The zero-order valence-electron chi connectivity index (χ0n) is 16.7. The van der Waals surface area contributed by atoms with Crippen LogP contribution in [0.5, 0.6) is 5.75 Å². The summed E-state index contributed by atoms with van der Waals surface area (Å²) < 4.78 is 5.28. The van der Waals surface area contributed by atoms with Gasteiger partial charge in [0.2, 0.25) is 11.8 Å². The first-order valence-corrected chi connectivity index (χ1v) is 9.83. The summed E-state index contributed by atoms with van der Waals surface area (Å²) >= 11 is 0. The highest BCUT2D eigenvalue weighted by Crippen LogP contribution is 2.22. The van der Waals surface area contributed by atoms with E-state index in [1.165, 1.54) is 6.08 Å². The topological polar surface area (TPSA) is 61.9 Å². The quantitative estimate of drug-likeness (QED) is 0.735. The molecular weight excluding hydrogens is 366 g/mol. The second-order valence-corrected chi connectivity index (χ2v) is 6.85. The van der Waals surface area contributed by atoms with E-state index in [1.807, 2.05) is 53.4 Å². The van der Waals surface area contributed by atoms with Gasteiger partial charge in [0.1, 0.15) is 5.75 Å². The van der Waals surface area contributed by atoms with Gasteiger partial charge in [0.05, 0.1) is 7.11 Å². The monoisotopic (exact) mass is 393 g/mol. The van der Waals surface area contributed by atoms with Crippen molar-refractivity contribution in [3.8, 4) is 5.75 Å². The van der Waals surface area contributed by atoms with Crippen molar-refractivity contribution >= 4 is 23.6 Å². The minimum atomic E-state index is -0.190. The van der Waals surface area contributed by atoms with Gasteiger partial charge in [0.25, 0.3) is 0 Å². The van der Waals surface area contributed by atoms with Crippen LogP contribution < -0.4 is 15.0 Å². The molecule has 1 fully saturated rings. The SMILES string of the molecule is COc1cccc(N2CCN(C(=O)CCNC(=O)/C=C/c3ccccc3)CC2)c1. The Morgan fingerprint density at radius 2 is 1.79 bits per heavy atom. The predicted molar refractivity (Wildman–Crippen MR) is 115 cm³/mol. The van der Waals surface area contributed by atoms with Crippen molar-refractivity contribution in [2.24, 2.45) is 0 Å². The molecule has 2 aromatic carbocycles. The molecule has 0 saturated carbocycles. The number of nitrogens with zero attached hydrogens (tertiary/aromatic N) is 2. The summed E-state index contributed by atoms with van der Waals surface area (Å²) in [6, 6.07) is 17.6. The van der Waals surface area contributed by atoms with Crippen molar-refractivity contribution in [2.75, 3.05) is 44.7 Å². The number of rotatable bonds is 7. The summed E-state index contributed by atoms with van der Waals surface area (Å²) in [5, 5.41) is 2.77. The highest BCUT2D eigenvalue weighted by molar-refractivity contribution is 5.92. The van der Waals surface area contributed by atoms with Gasteiger partial charge in [-0.15, -0.1) is 0 Å². The first-order valence-electron chi connectivity index (χ1n) is 9.83. The Hall–Kier alpha value is -3.28. The maximum Gasteiger partial charge on any atom is 0.244 e. The van der Waals surface area contributed by atoms with Crippen LogP contribution >= 0.6 is 0 Å². The molecule has 0 aliphatic carbocycles. The van der Waals surface area contributed by atoms with Crippen LogP contribution in [0.15, 0.2) is 60.7 Å². The zero-order valence-corrected chi connectivity index (χ0v) is 16.7. The van der Waals surface area contributed by atoms with Crippen LogP contribution in [-0.4, -0.2) is 56.5 Å². The molecule has 2 aromatic rings. The van der Waals surface area contributed by atoms with E-state index in [-0.39, 0.29) is 11.8 Å². The summed E-state index contributed by atoms with van der Waals surface area (Å²) in [4.78, 5) is 28.4. The van der Waals surface area contributed by atoms with Crippen LogP contribution in [0.3, 0.4) is 0 Å². The molecule has 2 amide bonds. The lowest BCUT2D eigenvalue weighted by atomic mass is 10.2. The van der Waals surface area contributed by atoms with Gasteiger partial charge in [0.15, 0.2) is 0 Å². The number of hydrogen-bond donors (Lipinski definition) is 1. The van der Waals surface area contributed by atoms with Crippen molar-refractivity contribution in [1.29, 1.82) is 0 Å². The average Bonchev–Trinajstić information content (AvgIpc) is 2.78. The number of methoxy groups -OCH3 is 1. The summed E-state index contributed by atoms with van der Waals surface area (Å²) in [7, 11) is 1.66. The summed E-state index contributed by atoms with van der Waals surface area (Å²) in [5.41, 5.74) is 2.07. The second kappa shape index (κ2) is 10.3. The van der Waals surface area contributed by atoms with Gasteiger partial charge in [-0.05, 0) is 23.8 Å². The largest absolute Gasteiger partial charge is 0.497 e. The van der Waals surface area contributed by atoms with E-state index in [9.17, 15) is 9.59 Å². The Morgan fingerprint density at radius 3 is 2.52 bits per heavy atom. The standard InChI is InChI=1S/C23H27N3O3/c1-29-21-9-5-8-20(18-21)25-14-16-26(17-15-25)23(28)12-13-24-22(27)11-10-19-6-3-2-4-7-19/h2-11,18H,12-17H2,1H3,(H,24,27)/b11-10+. The number of carbonyl (C=O) groups excluding carboxylic acids is 2. The molecule has 29 heavy (non-hydrogen) atoms. The Bertz CT molecular complexity index is 843. The molecule has 1 aliphatic rings. The molecular formula is C23H27N3O3. The molecule has 0 unspecified atom stereocenters. The van der Waals surface area contributed by atoms with Gasteiger partial charge >= 0.3 is 0 Å². The lowest BCUT2D eigenvalue weighted by molar-refractivity contribution is -0.131. The minimum Gasteiger partial charge on any atom is -0.497 e. The average molecular weight is 393 g/mol. The number of ether oxygens (including phenoxy) is 1. The minimum absolute atomic E-state index is 0.0719. The Morgan fingerprint density at radius 1 is 1.03 bits per heavy atom. The van der Waals surface area contributed by atoms with Crippen LogP contribution in [0.4, 0.5) is 5.69 Å². The third-order valence-electron chi connectivity index (χ3n) is 4.92. The maximum atomic E-state index is 12.4. The first kappa shape index (κ1) is 20.5. The van der Waals surface area contributed by atoms with Gasteiger partial charge in [-0.2, -0.15) is 0 Å². The number of nitrogens with one attached hydrogen (secondary N) is 1. The molecule has 1 N–H and O–H groups in total. The van der Waals surface area contributed by atoms with Crippen LogP contribution in [-0.2, 0) is 9.59 Å². The molecule has 6 nitrogen and oxygen atoms in total. The molecule has 1 aliphatic heterocycles. The second-order valence-electron chi connectivity index (χ2n) is 6.85. The maximum absolute atomic E-state index is 12.4. The van der Waals surface area contributed by atoms with E-state index in [4.69, 9.17) is 4.74 Å². The molecule has 152 valence electrons. The van der Waals surface area contributed by atoms with Crippen molar-refractivity contribution in [3.05, 3.63) is 66.2 Å². The smallest absolute Gasteiger partial charge is 0.244 e. The number of piperazine rings is 1. The highest BCUT2D eigenvalue weighted by Gasteiger charge is 2.21.